The van der Waals surface area contributed by atoms with E-state index in [0.29, 0.717) is 25.3 Å². The van der Waals surface area contributed by atoms with Gasteiger partial charge in [-0.2, -0.15) is 11.8 Å². The third-order valence-electron chi connectivity index (χ3n) is 4.04. The van der Waals surface area contributed by atoms with Gasteiger partial charge in [-0.15, -0.1) is 12.4 Å². The minimum atomic E-state index is -0.496. The van der Waals surface area contributed by atoms with E-state index < -0.39 is 6.04 Å². The van der Waals surface area contributed by atoms with Gasteiger partial charge in [-0.3, -0.25) is 9.59 Å². The summed E-state index contributed by atoms with van der Waals surface area (Å²) < 4.78 is 5.46. The molecule has 0 bridgehead atoms. The van der Waals surface area contributed by atoms with E-state index in [-0.39, 0.29) is 36.9 Å². The van der Waals surface area contributed by atoms with Crippen molar-refractivity contribution in [3.63, 3.8) is 0 Å². The maximum absolute atomic E-state index is 12.8. The summed E-state index contributed by atoms with van der Waals surface area (Å²) in [6.07, 6.45) is 2.62. The van der Waals surface area contributed by atoms with Gasteiger partial charge < -0.3 is 20.3 Å². The SMILES string of the molecule is CSCCC(NC(=O)COc1ccccc1)C(=O)N1CCNC(C)C1.Cl. The van der Waals surface area contributed by atoms with Crippen LogP contribution in [-0.2, 0) is 9.59 Å². The number of nitrogens with one attached hydrogen (secondary N) is 2. The first-order valence-corrected chi connectivity index (χ1v) is 9.98. The van der Waals surface area contributed by atoms with Gasteiger partial charge in [-0.1, -0.05) is 18.2 Å². The van der Waals surface area contributed by atoms with Crippen molar-refractivity contribution in [3.05, 3.63) is 30.3 Å². The van der Waals surface area contributed by atoms with E-state index in [2.05, 4.69) is 17.6 Å². The van der Waals surface area contributed by atoms with Crippen molar-refractivity contribution in [2.45, 2.75) is 25.4 Å². The number of carbonyl (C=O) groups excluding carboxylic acids is 2. The molecule has 0 saturated carbocycles. The molecular formula is C18H28ClN3O3S. The molecule has 0 radical (unpaired) electrons. The third-order valence-corrected chi connectivity index (χ3v) is 4.68. The summed E-state index contributed by atoms with van der Waals surface area (Å²) in [4.78, 5) is 26.8. The normalized spacial score (nSPS) is 17.8. The molecule has 6 nitrogen and oxygen atoms in total. The number of ether oxygens (including phenoxy) is 1. The van der Waals surface area contributed by atoms with Crippen LogP contribution in [0.15, 0.2) is 30.3 Å². The van der Waals surface area contributed by atoms with E-state index in [0.717, 1.165) is 12.3 Å². The van der Waals surface area contributed by atoms with Crippen LogP contribution in [0.4, 0.5) is 0 Å². The number of thioether (sulfide) groups is 1. The molecule has 0 aliphatic carbocycles. The molecule has 2 atom stereocenters. The van der Waals surface area contributed by atoms with E-state index >= 15 is 0 Å². The Kier molecular flexibility index (Phi) is 10.5. The van der Waals surface area contributed by atoms with Gasteiger partial charge in [-0.05, 0) is 37.5 Å². The van der Waals surface area contributed by atoms with E-state index in [1.807, 2.05) is 29.4 Å². The lowest BCUT2D eigenvalue weighted by Crippen LogP contribution is -2.57. The lowest BCUT2D eigenvalue weighted by atomic mass is 10.1. The molecule has 1 heterocycles. The summed E-state index contributed by atoms with van der Waals surface area (Å²) in [7, 11) is 0. The largest absolute Gasteiger partial charge is 0.484 e. The van der Waals surface area contributed by atoms with Crippen LogP contribution >= 0.6 is 24.2 Å². The van der Waals surface area contributed by atoms with Gasteiger partial charge in [0.15, 0.2) is 6.61 Å². The minimum absolute atomic E-state index is 0. The monoisotopic (exact) mass is 401 g/mol. The van der Waals surface area contributed by atoms with Crippen LogP contribution in [0, 0.1) is 0 Å². The number of amides is 2. The lowest BCUT2D eigenvalue weighted by molar-refractivity contribution is -0.137. The molecule has 0 aromatic heterocycles. The zero-order valence-electron chi connectivity index (χ0n) is 15.3. The molecule has 1 aliphatic heterocycles. The summed E-state index contributed by atoms with van der Waals surface area (Å²) in [5.41, 5.74) is 0. The van der Waals surface area contributed by atoms with Crippen molar-refractivity contribution >= 4 is 36.0 Å². The molecule has 0 spiro atoms. The average molecular weight is 402 g/mol. The number of rotatable bonds is 8. The second-order valence-electron chi connectivity index (χ2n) is 6.14. The van der Waals surface area contributed by atoms with Crippen LogP contribution in [0.25, 0.3) is 0 Å². The molecule has 146 valence electrons. The first-order chi connectivity index (χ1) is 12.1. The topological polar surface area (TPSA) is 70.7 Å². The van der Waals surface area contributed by atoms with Gasteiger partial charge in [0.25, 0.3) is 5.91 Å². The Morgan fingerprint density at radius 1 is 1.38 bits per heavy atom. The Bertz CT molecular complexity index is 562. The van der Waals surface area contributed by atoms with Crippen LogP contribution in [0.5, 0.6) is 5.75 Å². The Morgan fingerprint density at radius 2 is 2.12 bits per heavy atom. The van der Waals surface area contributed by atoms with Crippen LogP contribution in [-0.4, -0.2) is 67.0 Å². The predicted molar refractivity (Wildman–Crippen MR) is 108 cm³/mol. The zero-order valence-corrected chi connectivity index (χ0v) is 16.9. The lowest BCUT2D eigenvalue weighted by Gasteiger charge is -2.34. The summed E-state index contributed by atoms with van der Waals surface area (Å²) in [6, 6.07) is 8.96. The van der Waals surface area contributed by atoms with Crippen LogP contribution in [0.3, 0.4) is 0 Å². The number of halogens is 1. The molecule has 2 N–H and O–H groups in total. The number of nitrogens with zero attached hydrogens (tertiary/aromatic N) is 1. The maximum Gasteiger partial charge on any atom is 0.258 e. The molecule has 26 heavy (non-hydrogen) atoms. The minimum Gasteiger partial charge on any atom is -0.484 e. The summed E-state index contributed by atoms with van der Waals surface area (Å²) >= 11 is 1.67. The summed E-state index contributed by atoms with van der Waals surface area (Å²) in [6.45, 7) is 4.10. The third kappa shape index (κ3) is 7.43. The zero-order chi connectivity index (χ0) is 18.1. The summed E-state index contributed by atoms with van der Waals surface area (Å²) in [5.74, 6) is 1.18. The first kappa shape index (κ1) is 22.6. The standard InChI is InChI=1S/C18H27N3O3S.ClH/c1-14-12-21(10-9-19-14)18(23)16(8-11-25-2)20-17(22)13-24-15-6-4-3-5-7-15;/h3-7,14,16,19H,8-13H2,1-2H3,(H,20,22);1H. The van der Waals surface area contributed by atoms with Crippen molar-refractivity contribution in [3.8, 4) is 5.75 Å². The molecule has 2 unspecified atom stereocenters. The maximum atomic E-state index is 12.8. The van der Waals surface area contributed by atoms with Crippen molar-refractivity contribution in [2.24, 2.45) is 0 Å². The van der Waals surface area contributed by atoms with E-state index in [4.69, 9.17) is 4.74 Å². The van der Waals surface area contributed by atoms with Gasteiger partial charge in [0.05, 0.1) is 0 Å². The van der Waals surface area contributed by atoms with Crippen LogP contribution < -0.4 is 15.4 Å². The summed E-state index contributed by atoms with van der Waals surface area (Å²) in [5, 5.41) is 6.17. The van der Waals surface area contributed by atoms with Crippen molar-refractivity contribution in [1.29, 1.82) is 0 Å². The number of hydrogen-bond acceptors (Lipinski definition) is 5. The quantitative estimate of drug-likeness (QED) is 0.691. The van der Waals surface area contributed by atoms with E-state index in [9.17, 15) is 9.59 Å². The number of piperazine rings is 1. The fraction of sp³-hybridized carbons (Fsp3) is 0.556. The molecule has 1 fully saturated rings. The molecule has 1 aliphatic rings. The Labute approximate surface area is 165 Å². The van der Waals surface area contributed by atoms with Crippen molar-refractivity contribution in [1.82, 2.24) is 15.5 Å². The van der Waals surface area contributed by atoms with Gasteiger partial charge >= 0.3 is 0 Å². The number of carbonyl (C=O) groups is 2. The molecule has 8 heteroatoms. The fourth-order valence-electron chi connectivity index (χ4n) is 2.75. The highest BCUT2D eigenvalue weighted by Gasteiger charge is 2.28. The van der Waals surface area contributed by atoms with Gasteiger partial charge in [0, 0.05) is 25.7 Å². The Balaban J connectivity index is 0.00000338. The number of hydrogen-bond donors (Lipinski definition) is 2. The second-order valence-corrected chi connectivity index (χ2v) is 7.13. The predicted octanol–water partition coefficient (Wildman–Crippen LogP) is 1.55. The highest BCUT2D eigenvalue weighted by atomic mass is 35.5. The molecule has 1 aromatic carbocycles. The number of benzene rings is 1. The van der Waals surface area contributed by atoms with Gasteiger partial charge in [-0.25, -0.2) is 0 Å². The second kappa shape index (κ2) is 12.0. The molecule has 2 amide bonds. The smallest absolute Gasteiger partial charge is 0.258 e. The molecule has 1 saturated heterocycles. The highest BCUT2D eigenvalue weighted by Crippen LogP contribution is 2.09. The molecule has 1 aromatic rings. The molecular weight excluding hydrogens is 374 g/mol. The molecule has 2 rings (SSSR count). The number of para-hydroxylation sites is 1. The Morgan fingerprint density at radius 3 is 2.77 bits per heavy atom. The average Bonchev–Trinajstić information content (AvgIpc) is 2.63. The van der Waals surface area contributed by atoms with Crippen molar-refractivity contribution < 1.29 is 14.3 Å². The fourth-order valence-corrected chi connectivity index (χ4v) is 3.22. The van der Waals surface area contributed by atoms with E-state index in [1.165, 1.54) is 0 Å². The highest BCUT2D eigenvalue weighted by molar-refractivity contribution is 7.98. The van der Waals surface area contributed by atoms with Gasteiger partial charge in [0.2, 0.25) is 5.91 Å². The Hall–Kier alpha value is -1.44. The van der Waals surface area contributed by atoms with Crippen LogP contribution in [0.1, 0.15) is 13.3 Å². The van der Waals surface area contributed by atoms with E-state index in [1.54, 1.807) is 23.9 Å². The first-order valence-electron chi connectivity index (χ1n) is 8.58. The van der Waals surface area contributed by atoms with Crippen LogP contribution in [0.2, 0.25) is 0 Å². The van der Waals surface area contributed by atoms with Gasteiger partial charge in [0.1, 0.15) is 11.8 Å². The van der Waals surface area contributed by atoms with Crippen molar-refractivity contribution in [2.75, 3.05) is 38.2 Å².